The molecule has 1 saturated carbocycles. The van der Waals surface area contributed by atoms with Crippen molar-refractivity contribution in [3.8, 4) is 11.8 Å². The zero-order chi connectivity index (χ0) is 25.0. The van der Waals surface area contributed by atoms with Crippen molar-refractivity contribution in [2.75, 3.05) is 33.3 Å². The summed E-state index contributed by atoms with van der Waals surface area (Å²) in [5.74, 6) is 1.08. The van der Waals surface area contributed by atoms with Crippen LogP contribution in [0, 0.1) is 11.3 Å². The molecule has 0 radical (unpaired) electrons. The fourth-order valence-electron chi connectivity index (χ4n) is 5.76. The van der Waals surface area contributed by atoms with Gasteiger partial charge in [0, 0.05) is 51.0 Å². The van der Waals surface area contributed by atoms with Crippen LogP contribution in [0.5, 0.6) is 5.75 Å². The van der Waals surface area contributed by atoms with Crippen molar-refractivity contribution in [3.63, 3.8) is 0 Å². The number of rotatable bonds is 7. The number of amides is 1. The Hall–Kier alpha value is -3.63. The molecule has 186 valence electrons. The molecular formula is C29H33N5O2. The first-order valence-corrected chi connectivity index (χ1v) is 12.8. The summed E-state index contributed by atoms with van der Waals surface area (Å²) in [7, 11) is 1.69. The number of nitrogens with zero attached hydrogens (tertiary/aromatic N) is 5. The normalized spacial score (nSPS) is 17.6. The van der Waals surface area contributed by atoms with E-state index in [1.807, 2.05) is 55.0 Å². The Kier molecular flexibility index (Phi) is 7.06. The van der Waals surface area contributed by atoms with E-state index in [0.717, 1.165) is 87.5 Å². The van der Waals surface area contributed by atoms with Crippen LogP contribution >= 0.6 is 0 Å². The van der Waals surface area contributed by atoms with Gasteiger partial charge in [-0.15, -0.1) is 0 Å². The number of nitriles is 1. The van der Waals surface area contributed by atoms with Crippen molar-refractivity contribution in [2.24, 2.45) is 0 Å². The van der Waals surface area contributed by atoms with E-state index >= 15 is 0 Å². The minimum absolute atomic E-state index is 0.259. The highest BCUT2D eigenvalue weighted by molar-refractivity contribution is 5.89. The lowest BCUT2D eigenvalue weighted by Gasteiger charge is -2.40. The van der Waals surface area contributed by atoms with E-state index in [1.54, 1.807) is 7.11 Å². The second-order valence-electron chi connectivity index (χ2n) is 9.88. The Morgan fingerprint density at radius 3 is 2.44 bits per heavy atom. The van der Waals surface area contributed by atoms with Crippen LogP contribution in [0.2, 0.25) is 0 Å². The van der Waals surface area contributed by atoms with Crippen molar-refractivity contribution >= 4 is 5.91 Å². The topological polar surface area (TPSA) is 74.4 Å². The lowest BCUT2D eigenvalue weighted by molar-refractivity contribution is -0.139. The molecule has 3 aromatic rings. The molecule has 0 unspecified atom stereocenters. The van der Waals surface area contributed by atoms with Gasteiger partial charge < -0.3 is 14.2 Å². The zero-order valence-electron chi connectivity index (χ0n) is 20.9. The number of piperazine rings is 1. The third kappa shape index (κ3) is 4.74. The fraction of sp³-hybridized carbons (Fsp3) is 0.414. The van der Waals surface area contributed by atoms with Crippen molar-refractivity contribution in [1.29, 1.82) is 5.26 Å². The number of benzene rings is 2. The van der Waals surface area contributed by atoms with Gasteiger partial charge in [-0.25, -0.2) is 4.98 Å². The Bertz CT molecular complexity index is 1230. The number of ether oxygens (including phenoxy) is 1. The third-order valence-electron chi connectivity index (χ3n) is 7.77. The lowest BCUT2D eigenvalue weighted by Crippen LogP contribution is -2.53. The summed E-state index contributed by atoms with van der Waals surface area (Å²) in [6.07, 6.45) is 7.72. The largest absolute Gasteiger partial charge is 0.496 e. The number of carbonyl (C=O) groups is 1. The molecular weight excluding hydrogens is 450 g/mol. The summed E-state index contributed by atoms with van der Waals surface area (Å²) in [5.41, 5.74) is 3.54. The average Bonchev–Trinajstić information content (AvgIpc) is 3.60. The summed E-state index contributed by atoms with van der Waals surface area (Å²) < 4.78 is 7.82. The van der Waals surface area contributed by atoms with Gasteiger partial charge in [0.05, 0.1) is 36.2 Å². The summed E-state index contributed by atoms with van der Waals surface area (Å²) in [5, 5.41) is 9.02. The van der Waals surface area contributed by atoms with Gasteiger partial charge in [-0.3, -0.25) is 9.69 Å². The van der Waals surface area contributed by atoms with Gasteiger partial charge in [-0.05, 0) is 36.6 Å². The number of aromatic nitrogens is 2. The van der Waals surface area contributed by atoms with Crippen molar-refractivity contribution < 1.29 is 9.53 Å². The molecule has 1 saturated heterocycles. The van der Waals surface area contributed by atoms with Crippen LogP contribution in [-0.2, 0) is 23.3 Å². The summed E-state index contributed by atoms with van der Waals surface area (Å²) in [6, 6.07) is 17.9. The molecule has 36 heavy (non-hydrogen) atoms. The summed E-state index contributed by atoms with van der Waals surface area (Å²) in [4.78, 5) is 22.8. The summed E-state index contributed by atoms with van der Waals surface area (Å²) in [6.45, 7) is 4.68. The van der Waals surface area contributed by atoms with Gasteiger partial charge in [0.1, 0.15) is 5.75 Å². The molecule has 0 bridgehead atoms. The van der Waals surface area contributed by atoms with Crippen molar-refractivity contribution in [2.45, 2.75) is 44.2 Å². The minimum Gasteiger partial charge on any atom is -0.496 e. The van der Waals surface area contributed by atoms with Crippen LogP contribution in [0.15, 0.2) is 61.1 Å². The predicted octanol–water partition coefficient (Wildman–Crippen LogP) is 3.97. The van der Waals surface area contributed by atoms with E-state index in [1.165, 1.54) is 0 Å². The molecule has 2 aromatic carbocycles. The average molecular weight is 484 g/mol. The van der Waals surface area contributed by atoms with Gasteiger partial charge in [0.2, 0.25) is 5.91 Å². The van der Waals surface area contributed by atoms with Crippen LogP contribution < -0.4 is 4.74 Å². The Labute approximate surface area is 212 Å². The Balaban J connectivity index is 1.23. The van der Waals surface area contributed by atoms with Crippen LogP contribution in [0.1, 0.15) is 48.1 Å². The molecule has 1 amide bonds. The molecule has 1 aliphatic carbocycles. The summed E-state index contributed by atoms with van der Waals surface area (Å²) >= 11 is 0. The van der Waals surface area contributed by atoms with Gasteiger partial charge >= 0.3 is 0 Å². The van der Waals surface area contributed by atoms with Crippen molar-refractivity contribution in [1.82, 2.24) is 19.4 Å². The molecule has 0 spiro atoms. The molecule has 7 heteroatoms. The second kappa shape index (κ2) is 10.5. The quantitative estimate of drug-likeness (QED) is 0.508. The number of carbonyl (C=O) groups excluding carboxylic acids is 1. The van der Waals surface area contributed by atoms with Crippen LogP contribution in [-0.4, -0.2) is 58.5 Å². The highest BCUT2D eigenvalue weighted by Gasteiger charge is 2.46. The molecule has 0 atom stereocenters. The molecule has 7 nitrogen and oxygen atoms in total. The van der Waals surface area contributed by atoms with E-state index < -0.39 is 5.41 Å². The second-order valence-corrected chi connectivity index (χ2v) is 9.88. The highest BCUT2D eigenvalue weighted by atomic mass is 16.5. The number of para-hydroxylation sites is 1. The van der Waals surface area contributed by atoms with Crippen LogP contribution in [0.25, 0.3) is 0 Å². The highest BCUT2D eigenvalue weighted by Crippen LogP contribution is 2.46. The molecule has 2 fully saturated rings. The third-order valence-corrected chi connectivity index (χ3v) is 7.77. The lowest BCUT2D eigenvalue weighted by atomic mass is 9.76. The Morgan fingerprint density at radius 1 is 1.03 bits per heavy atom. The number of imidazole rings is 1. The van der Waals surface area contributed by atoms with E-state index in [2.05, 4.69) is 31.5 Å². The van der Waals surface area contributed by atoms with Gasteiger partial charge in [-0.1, -0.05) is 43.2 Å². The fourth-order valence-corrected chi connectivity index (χ4v) is 5.76. The molecule has 5 rings (SSSR count). The van der Waals surface area contributed by atoms with Crippen molar-refractivity contribution in [3.05, 3.63) is 83.4 Å². The Morgan fingerprint density at radius 2 is 1.75 bits per heavy atom. The van der Waals surface area contributed by atoms with Crippen LogP contribution in [0.3, 0.4) is 0 Å². The first kappa shape index (κ1) is 24.1. The SMILES string of the molecule is COc1ccccc1C1(C(=O)N2CCN(Cc3cncn3Cc3ccc(C#N)cc3)CC2)CCCC1. The maximum absolute atomic E-state index is 13.9. The molecule has 1 aromatic heterocycles. The zero-order valence-corrected chi connectivity index (χ0v) is 20.9. The maximum atomic E-state index is 13.9. The van der Waals surface area contributed by atoms with E-state index in [9.17, 15) is 4.79 Å². The molecule has 2 heterocycles. The predicted molar refractivity (Wildman–Crippen MR) is 137 cm³/mol. The molecule has 0 N–H and O–H groups in total. The number of hydrogen-bond donors (Lipinski definition) is 0. The first-order valence-electron chi connectivity index (χ1n) is 12.8. The standard InChI is InChI=1S/C29H33N5O2/c1-36-27-7-3-2-6-26(27)29(12-4-5-13-29)28(35)33-16-14-32(15-17-33)21-25-19-31-22-34(25)20-24-10-8-23(18-30)9-11-24/h2-3,6-11,19,22H,4-5,12-17,20-21H2,1H3. The van der Waals surface area contributed by atoms with Gasteiger partial charge in [0.25, 0.3) is 0 Å². The van der Waals surface area contributed by atoms with Crippen LogP contribution in [0.4, 0.5) is 0 Å². The minimum atomic E-state index is -0.464. The monoisotopic (exact) mass is 483 g/mol. The van der Waals surface area contributed by atoms with Gasteiger partial charge in [0.15, 0.2) is 0 Å². The van der Waals surface area contributed by atoms with E-state index in [4.69, 9.17) is 10.00 Å². The number of methoxy groups -OCH3 is 1. The number of hydrogen-bond acceptors (Lipinski definition) is 5. The first-order chi connectivity index (χ1) is 17.6. The molecule has 1 aliphatic heterocycles. The smallest absolute Gasteiger partial charge is 0.233 e. The van der Waals surface area contributed by atoms with Gasteiger partial charge in [-0.2, -0.15) is 5.26 Å². The molecule has 2 aliphatic rings. The maximum Gasteiger partial charge on any atom is 0.233 e. The van der Waals surface area contributed by atoms with E-state index in [0.29, 0.717) is 5.56 Å². The van der Waals surface area contributed by atoms with E-state index in [-0.39, 0.29) is 5.91 Å².